The number of hydrogen-bond donors (Lipinski definition) is 1. The van der Waals surface area contributed by atoms with Crippen LogP contribution in [0.4, 0.5) is 0 Å². The number of oxazole rings is 1. The molecular formula is C13H16N2O. The summed E-state index contributed by atoms with van der Waals surface area (Å²) < 4.78 is 5.32. The first-order chi connectivity index (χ1) is 7.56. The van der Waals surface area contributed by atoms with Crippen LogP contribution in [0.25, 0.3) is 11.5 Å². The average molecular weight is 216 g/mol. The molecule has 0 aliphatic carbocycles. The van der Waals surface area contributed by atoms with Crippen LogP contribution in [0.3, 0.4) is 0 Å². The third-order valence-corrected chi connectivity index (χ3v) is 2.33. The second kappa shape index (κ2) is 4.10. The molecule has 0 aliphatic rings. The second-order valence-corrected chi connectivity index (χ2v) is 4.66. The van der Waals surface area contributed by atoms with Gasteiger partial charge in [0.2, 0.25) is 5.89 Å². The average Bonchev–Trinajstić information content (AvgIpc) is 2.69. The molecule has 3 nitrogen and oxygen atoms in total. The first-order valence-electron chi connectivity index (χ1n) is 5.33. The van der Waals surface area contributed by atoms with Crippen molar-refractivity contribution in [3.63, 3.8) is 0 Å². The molecule has 1 heterocycles. The van der Waals surface area contributed by atoms with Gasteiger partial charge in [-0.25, -0.2) is 4.98 Å². The Morgan fingerprint density at radius 1 is 1.31 bits per heavy atom. The number of rotatable bonds is 3. The number of benzene rings is 1. The van der Waals surface area contributed by atoms with Crippen LogP contribution in [0.1, 0.15) is 19.4 Å². The van der Waals surface area contributed by atoms with Crippen LogP contribution < -0.4 is 5.73 Å². The lowest BCUT2D eigenvalue weighted by Gasteiger charge is -2.19. The topological polar surface area (TPSA) is 52.0 Å². The lowest BCUT2D eigenvalue weighted by molar-refractivity contribution is 0.515. The molecule has 2 rings (SSSR count). The molecule has 0 atom stereocenters. The van der Waals surface area contributed by atoms with Crippen molar-refractivity contribution in [2.75, 3.05) is 0 Å². The number of hydrogen-bond acceptors (Lipinski definition) is 3. The van der Waals surface area contributed by atoms with Gasteiger partial charge in [0, 0.05) is 11.1 Å². The van der Waals surface area contributed by atoms with E-state index in [0.717, 1.165) is 17.5 Å². The van der Waals surface area contributed by atoms with Gasteiger partial charge in [-0.2, -0.15) is 0 Å². The highest BCUT2D eigenvalue weighted by molar-refractivity contribution is 5.58. The summed E-state index contributed by atoms with van der Waals surface area (Å²) in [4.78, 5) is 4.17. The minimum absolute atomic E-state index is 0.233. The van der Waals surface area contributed by atoms with E-state index in [2.05, 4.69) is 11.1 Å². The van der Waals surface area contributed by atoms with E-state index in [1.165, 1.54) is 0 Å². The Hall–Kier alpha value is -1.61. The molecule has 0 spiro atoms. The van der Waals surface area contributed by atoms with Crippen LogP contribution in [0.15, 0.2) is 41.1 Å². The smallest absolute Gasteiger partial charge is 0.226 e. The van der Waals surface area contributed by atoms with E-state index >= 15 is 0 Å². The van der Waals surface area contributed by atoms with E-state index in [9.17, 15) is 0 Å². The summed E-state index contributed by atoms with van der Waals surface area (Å²) in [6.07, 6.45) is 4.03. The zero-order valence-electron chi connectivity index (χ0n) is 9.60. The van der Waals surface area contributed by atoms with E-state index in [1.54, 1.807) is 12.5 Å². The zero-order valence-corrected chi connectivity index (χ0v) is 9.60. The quantitative estimate of drug-likeness (QED) is 0.858. The van der Waals surface area contributed by atoms with Gasteiger partial charge in [0.25, 0.3) is 0 Å². The summed E-state index contributed by atoms with van der Waals surface area (Å²) in [5.41, 5.74) is 7.99. The van der Waals surface area contributed by atoms with Gasteiger partial charge < -0.3 is 10.2 Å². The zero-order chi connectivity index (χ0) is 11.6. The standard InChI is InChI=1S/C13H16N2O/c1-13(2,14)9-10-5-3-4-6-11(10)12-15-7-8-16-12/h3-8H,9,14H2,1-2H3. The molecule has 84 valence electrons. The van der Waals surface area contributed by atoms with Crippen LogP contribution in [-0.4, -0.2) is 10.5 Å². The lowest BCUT2D eigenvalue weighted by atomic mass is 9.93. The number of nitrogens with zero attached hydrogens (tertiary/aromatic N) is 1. The van der Waals surface area contributed by atoms with Crippen LogP contribution in [0, 0.1) is 0 Å². The molecule has 2 aromatic rings. The molecule has 0 bridgehead atoms. The molecule has 0 fully saturated rings. The third-order valence-electron chi connectivity index (χ3n) is 2.33. The van der Waals surface area contributed by atoms with E-state index in [4.69, 9.17) is 10.2 Å². The molecule has 2 N–H and O–H groups in total. The van der Waals surface area contributed by atoms with Crippen LogP contribution in [-0.2, 0) is 6.42 Å². The Balaban J connectivity index is 2.39. The van der Waals surface area contributed by atoms with Gasteiger partial charge >= 0.3 is 0 Å². The van der Waals surface area contributed by atoms with Crippen molar-refractivity contribution in [2.24, 2.45) is 5.73 Å². The van der Waals surface area contributed by atoms with Gasteiger partial charge in [-0.15, -0.1) is 0 Å². The fourth-order valence-corrected chi connectivity index (χ4v) is 1.73. The Morgan fingerprint density at radius 2 is 2.06 bits per heavy atom. The van der Waals surface area contributed by atoms with Gasteiger partial charge in [0.05, 0.1) is 6.20 Å². The normalized spacial score (nSPS) is 11.7. The van der Waals surface area contributed by atoms with Crippen molar-refractivity contribution < 1.29 is 4.42 Å². The summed E-state index contributed by atoms with van der Waals surface area (Å²) in [6.45, 7) is 4.03. The van der Waals surface area contributed by atoms with Crippen LogP contribution >= 0.6 is 0 Å². The lowest BCUT2D eigenvalue weighted by Crippen LogP contribution is -2.34. The predicted molar refractivity (Wildman–Crippen MR) is 63.9 cm³/mol. The molecule has 1 aromatic carbocycles. The highest BCUT2D eigenvalue weighted by atomic mass is 16.3. The Labute approximate surface area is 95.3 Å². The molecule has 0 radical (unpaired) electrons. The van der Waals surface area contributed by atoms with Crippen LogP contribution in [0.5, 0.6) is 0 Å². The Bertz CT molecular complexity index is 455. The maximum absolute atomic E-state index is 6.04. The molecular weight excluding hydrogens is 200 g/mol. The molecule has 0 unspecified atom stereocenters. The van der Waals surface area contributed by atoms with Gasteiger partial charge in [0.1, 0.15) is 6.26 Å². The van der Waals surface area contributed by atoms with Crippen molar-refractivity contribution in [1.29, 1.82) is 0 Å². The Kier molecular flexibility index (Phi) is 2.79. The summed E-state index contributed by atoms with van der Waals surface area (Å²) in [5.74, 6) is 0.653. The van der Waals surface area contributed by atoms with Crippen LogP contribution in [0.2, 0.25) is 0 Å². The highest BCUT2D eigenvalue weighted by Gasteiger charge is 2.16. The van der Waals surface area contributed by atoms with E-state index in [0.29, 0.717) is 5.89 Å². The van der Waals surface area contributed by atoms with E-state index in [1.807, 2.05) is 32.0 Å². The van der Waals surface area contributed by atoms with E-state index < -0.39 is 0 Å². The predicted octanol–water partition coefficient (Wildman–Crippen LogP) is 2.62. The molecule has 16 heavy (non-hydrogen) atoms. The molecule has 0 amide bonds. The van der Waals surface area contributed by atoms with Gasteiger partial charge in [0.15, 0.2) is 0 Å². The molecule has 0 saturated carbocycles. The van der Waals surface area contributed by atoms with Crippen molar-refractivity contribution >= 4 is 0 Å². The number of aromatic nitrogens is 1. The Morgan fingerprint density at radius 3 is 2.69 bits per heavy atom. The third kappa shape index (κ3) is 2.49. The minimum Gasteiger partial charge on any atom is -0.445 e. The first-order valence-corrected chi connectivity index (χ1v) is 5.33. The van der Waals surface area contributed by atoms with E-state index in [-0.39, 0.29) is 5.54 Å². The van der Waals surface area contributed by atoms with Crippen molar-refractivity contribution in [3.8, 4) is 11.5 Å². The van der Waals surface area contributed by atoms with Crippen molar-refractivity contribution in [2.45, 2.75) is 25.8 Å². The molecule has 3 heteroatoms. The van der Waals surface area contributed by atoms with Crippen molar-refractivity contribution in [1.82, 2.24) is 4.98 Å². The summed E-state index contributed by atoms with van der Waals surface area (Å²) in [7, 11) is 0. The molecule has 0 saturated heterocycles. The van der Waals surface area contributed by atoms with Gasteiger partial charge in [-0.1, -0.05) is 18.2 Å². The largest absolute Gasteiger partial charge is 0.445 e. The monoisotopic (exact) mass is 216 g/mol. The fraction of sp³-hybridized carbons (Fsp3) is 0.308. The second-order valence-electron chi connectivity index (χ2n) is 4.66. The maximum atomic E-state index is 6.04. The summed E-state index contributed by atoms with van der Waals surface area (Å²) in [5, 5.41) is 0. The van der Waals surface area contributed by atoms with Gasteiger partial charge in [-0.3, -0.25) is 0 Å². The van der Waals surface area contributed by atoms with Gasteiger partial charge in [-0.05, 0) is 31.9 Å². The maximum Gasteiger partial charge on any atom is 0.226 e. The SMILES string of the molecule is CC(C)(N)Cc1ccccc1-c1ncco1. The van der Waals surface area contributed by atoms with Crippen molar-refractivity contribution in [3.05, 3.63) is 42.3 Å². The minimum atomic E-state index is -0.233. The highest BCUT2D eigenvalue weighted by Crippen LogP contribution is 2.24. The summed E-state index contributed by atoms with van der Waals surface area (Å²) >= 11 is 0. The fourth-order valence-electron chi connectivity index (χ4n) is 1.73. The molecule has 1 aromatic heterocycles. The molecule has 0 aliphatic heterocycles. The first kappa shape index (κ1) is 10.9. The number of nitrogens with two attached hydrogens (primary N) is 1. The summed E-state index contributed by atoms with van der Waals surface area (Å²) in [6, 6.07) is 8.06.